The van der Waals surface area contributed by atoms with Gasteiger partial charge in [-0.05, 0) is 31.0 Å². The highest BCUT2D eigenvalue weighted by molar-refractivity contribution is 7.90. The number of benzene rings is 1. The molecule has 0 spiro atoms. The first-order valence-electron chi connectivity index (χ1n) is 12.0. The molecule has 0 atom stereocenters. The van der Waals surface area contributed by atoms with Gasteiger partial charge in [0.25, 0.3) is 0 Å². The molecule has 41 heavy (non-hydrogen) atoms. The van der Waals surface area contributed by atoms with Crippen molar-refractivity contribution < 1.29 is 44.7 Å². The summed E-state index contributed by atoms with van der Waals surface area (Å²) in [5.41, 5.74) is -1.86. The summed E-state index contributed by atoms with van der Waals surface area (Å²) in [6.45, 7) is -0.593. The average molecular weight is 600 g/mol. The summed E-state index contributed by atoms with van der Waals surface area (Å²) in [7, 11) is -3.87. The Morgan fingerprint density at radius 1 is 1.05 bits per heavy atom. The number of rotatable bonds is 7. The second-order valence-electron chi connectivity index (χ2n) is 9.08. The number of ketones is 1. The van der Waals surface area contributed by atoms with Crippen molar-refractivity contribution in [3.63, 3.8) is 0 Å². The summed E-state index contributed by atoms with van der Waals surface area (Å²) in [5.74, 6) is -3.62. The first kappa shape index (κ1) is 29.8. The number of likely N-dealkylation sites (tertiary alicyclic amines) is 1. The fourth-order valence-electron chi connectivity index (χ4n) is 4.11. The normalized spacial score (nSPS) is 14.5. The van der Waals surface area contributed by atoms with Crippen molar-refractivity contribution in [2.45, 2.75) is 30.1 Å². The molecule has 10 nitrogen and oxygen atoms in total. The maximum atomic E-state index is 13.9. The number of urea groups is 1. The smallest absolute Gasteiger partial charge is 0.433 e. The Balaban J connectivity index is 1.50. The van der Waals surface area contributed by atoms with Gasteiger partial charge in [-0.1, -0.05) is 12.1 Å². The summed E-state index contributed by atoms with van der Waals surface area (Å²) >= 11 is 0. The molecule has 1 N–H and O–H groups in total. The topological polar surface area (TPSA) is 131 Å². The molecule has 0 unspecified atom stereocenters. The standard InChI is InChI=1S/C25H22F5N5O5S/c1-41(38,39)23-31-12-15(18(36)13-40-20-7-3-6-19(32-20)25(28,29)30)21(33-23)14-8-10-35(11-9-14)24(37)34-22-16(26)4-2-5-17(22)27/h2-7,12,14H,8-11,13H2,1H3,(H,34,37). The van der Waals surface area contributed by atoms with E-state index in [-0.39, 0.29) is 37.2 Å². The van der Waals surface area contributed by atoms with Gasteiger partial charge in [0.2, 0.25) is 26.7 Å². The van der Waals surface area contributed by atoms with Gasteiger partial charge in [0.1, 0.15) is 23.0 Å². The molecule has 1 aliphatic heterocycles. The monoisotopic (exact) mass is 599 g/mol. The molecule has 0 radical (unpaired) electrons. The van der Waals surface area contributed by atoms with Gasteiger partial charge in [0.05, 0.1) is 11.3 Å². The predicted octanol–water partition coefficient (Wildman–Crippen LogP) is 4.25. The lowest BCUT2D eigenvalue weighted by Gasteiger charge is -2.32. The highest BCUT2D eigenvalue weighted by atomic mass is 32.2. The fraction of sp³-hybridized carbons (Fsp3) is 0.320. The van der Waals surface area contributed by atoms with E-state index in [2.05, 4.69) is 20.3 Å². The molecule has 0 saturated carbocycles. The molecule has 0 aliphatic carbocycles. The zero-order valence-corrected chi connectivity index (χ0v) is 22.1. The third-order valence-corrected chi connectivity index (χ3v) is 7.02. The molecular weight excluding hydrogens is 577 g/mol. The molecule has 1 aliphatic rings. The van der Waals surface area contributed by atoms with Gasteiger partial charge in [-0.15, -0.1) is 0 Å². The summed E-state index contributed by atoms with van der Waals surface area (Å²) in [6.07, 6.45) is -2.44. The molecule has 1 saturated heterocycles. The van der Waals surface area contributed by atoms with Gasteiger partial charge < -0.3 is 15.0 Å². The molecule has 2 amide bonds. The number of nitrogens with zero attached hydrogens (tertiary/aromatic N) is 4. The number of aromatic nitrogens is 3. The molecule has 3 heterocycles. The van der Waals surface area contributed by atoms with E-state index in [4.69, 9.17) is 4.74 Å². The maximum Gasteiger partial charge on any atom is 0.433 e. The lowest BCUT2D eigenvalue weighted by Crippen LogP contribution is -2.41. The Morgan fingerprint density at radius 3 is 2.29 bits per heavy atom. The number of ether oxygens (including phenoxy) is 1. The van der Waals surface area contributed by atoms with Gasteiger partial charge in [0, 0.05) is 37.5 Å². The van der Waals surface area contributed by atoms with Gasteiger partial charge in [-0.3, -0.25) is 4.79 Å². The van der Waals surface area contributed by atoms with E-state index >= 15 is 0 Å². The molecule has 4 rings (SSSR count). The van der Waals surface area contributed by atoms with Gasteiger partial charge in [0.15, 0.2) is 6.61 Å². The largest absolute Gasteiger partial charge is 0.469 e. The number of hydrogen-bond donors (Lipinski definition) is 1. The first-order chi connectivity index (χ1) is 19.2. The second-order valence-corrected chi connectivity index (χ2v) is 11.0. The summed E-state index contributed by atoms with van der Waals surface area (Å²) < 4.78 is 96.0. The number of piperidine rings is 1. The van der Waals surface area contributed by atoms with Crippen molar-refractivity contribution in [2.24, 2.45) is 0 Å². The van der Waals surface area contributed by atoms with Gasteiger partial charge >= 0.3 is 12.2 Å². The number of para-hydroxylation sites is 1. The first-order valence-corrected chi connectivity index (χ1v) is 13.9. The van der Waals surface area contributed by atoms with E-state index in [1.54, 1.807) is 0 Å². The minimum absolute atomic E-state index is 0.0613. The highest BCUT2D eigenvalue weighted by Gasteiger charge is 2.33. The van der Waals surface area contributed by atoms with E-state index in [0.717, 1.165) is 48.9 Å². The SMILES string of the molecule is CS(=O)(=O)c1ncc(C(=O)COc2cccc(C(F)(F)F)n2)c(C2CCN(C(=O)Nc3c(F)cccc3F)CC2)n1. The number of amides is 2. The molecule has 0 bridgehead atoms. The van der Waals surface area contributed by atoms with E-state index in [0.29, 0.717) is 0 Å². The number of alkyl halides is 3. The van der Waals surface area contributed by atoms with Gasteiger partial charge in [-0.25, -0.2) is 36.9 Å². The second kappa shape index (κ2) is 11.7. The van der Waals surface area contributed by atoms with Crippen LogP contribution in [0.3, 0.4) is 0 Å². The average Bonchev–Trinajstić information content (AvgIpc) is 2.92. The number of carbonyl (C=O) groups is 2. The van der Waals surface area contributed by atoms with Crippen LogP contribution in [0.2, 0.25) is 0 Å². The van der Waals surface area contributed by atoms with Crippen molar-refractivity contribution in [1.29, 1.82) is 0 Å². The number of pyridine rings is 1. The van der Waals surface area contributed by atoms with Crippen molar-refractivity contribution >= 4 is 27.3 Å². The van der Waals surface area contributed by atoms with Crippen LogP contribution in [0.15, 0.2) is 47.8 Å². The summed E-state index contributed by atoms with van der Waals surface area (Å²) in [5, 5.41) is 1.65. The van der Waals surface area contributed by atoms with Gasteiger partial charge in [-0.2, -0.15) is 13.2 Å². The number of carbonyl (C=O) groups excluding carboxylic acids is 2. The number of hydrogen-bond acceptors (Lipinski definition) is 8. The fourth-order valence-corrected chi connectivity index (χ4v) is 4.62. The van der Waals surface area contributed by atoms with E-state index in [1.807, 2.05) is 0 Å². The number of Topliss-reactive ketones (excluding diaryl/α,β-unsaturated/α-hetero) is 1. The van der Waals surface area contributed by atoms with Crippen LogP contribution < -0.4 is 10.1 Å². The van der Waals surface area contributed by atoms with Crippen molar-refractivity contribution in [3.05, 3.63) is 71.2 Å². The number of sulfone groups is 1. The molecule has 16 heteroatoms. The summed E-state index contributed by atoms with van der Waals surface area (Å²) in [6, 6.07) is 5.32. The minimum Gasteiger partial charge on any atom is -0.469 e. The van der Waals surface area contributed by atoms with Crippen LogP contribution in [0, 0.1) is 11.6 Å². The molecule has 1 fully saturated rings. The lowest BCUT2D eigenvalue weighted by atomic mass is 9.90. The predicted molar refractivity (Wildman–Crippen MR) is 133 cm³/mol. The minimum atomic E-state index is -4.72. The molecule has 1 aromatic carbocycles. The van der Waals surface area contributed by atoms with Crippen LogP contribution in [0.5, 0.6) is 5.88 Å². The third kappa shape index (κ3) is 7.11. The van der Waals surface area contributed by atoms with Crippen LogP contribution in [0.1, 0.15) is 40.5 Å². The number of nitrogens with one attached hydrogen (secondary N) is 1. The molecule has 3 aromatic rings. The number of anilines is 1. The van der Waals surface area contributed by atoms with Crippen LogP contribution >= 0.6 is 0 Å². The lowest BCUT2D eigenvalue weighted by molar-refractivity contribution is -0.141. The third-order valence-electron chi connectivity index (χ3n) is 6.16. The van der Waals surface area contributed by atoms with Crippen LogP contribution in [0.4, 0.5) is 32.4 Å². The Bertz CT molecular complexity index is 1560. The van der Waals surface area contributed by atoms with Crippen LogP contribution in [-0.4, -0.2) is 66.0 Å². The molecule has 218 valence electrons. The van der Waals surface area contributed by atoms with E-state index < -0.39 is 74.4 Å². The van der Waals surface area contributed by atoms with E-state index in [1.165, 1.54) is 4.90 Å². The Kier molecular flexibility index (Phi) is 8.51. The molecule has 2 aromatic heterocycles. The number of halogens is 5. The maximum absolute atomic E-state index is 13.9. The van der Waals surface area contributed by atoms with Crippen LogP contribution in [0.25, 0.3) is 0 Å². The Morgan fingerprint density at radius 2 is 1.68 bits per heavy atom. The quantitative estimate of drug-likeness (QED) is 0.242. The van der Waals surface area contributed by atoms with Crippen LogP contribution in [-0.2, 0) is 16.0 Å². The van der Waals surface area contributed by atoms with Crippen molar-refractivity contribution in [1.82, 2.24) is 19.9 Å². The van der Waals surface area contributed by atoms with Crippen molar-refractivity contribution in [3.8, 4) is 5.88 Å². The Labute approximate surface area is 230 Å². The molecular formula is C25H22F5N5O5S. The van der Waals surface area contributed by atoms with Crippen molar-refractivity contribution in [2.75, 3.05) is 31.3 Å². The zero-order chi connectivity index (χ0) is 29.9. The highest BCUT2D eigenvalue weighted by Crippen LogP contribution is 2.31. The zero-order valence-electron chi connectivity index (χ0n) is 21.3. The van der Waals surface area contributed by atoms with E-state index in [9.17, 15) is 40.0 Å². The summed E-state index contributed by atoms with van der Waals surface area (Å²) in [4.78, 5) is 38.1. The Hall–Kier alpha value is -4.21.